The van der Waals surface area contributed by atoms with Crippen molar-refractivity contribution in [1.82, 2.24) is 9.88 Å². The van der Waals surface area contributed by atoms with Gasteiger partial charge in [0.15, 0.2) is 0 Å². The molecule has 1 amide bonds. The van der Waals surface area contributed by atoms with E-state index >= 15 is 0 Å². The van der Waals surface area contributed by atoms with Crippen LogP contribution in [-0.4, -0.2) is 46.3 Å². The standard InChI is InChI=1S/C31H32N2O7/c1-21-27(32-28(39-21)23-10-6-5-7-11-23)17-18-38-26-12-8-9-22(19-26)20-33(31(2,3)29(34)35)30(36)40-25-15-13-24(37-4)14-16-25/h5-16,19H,17-18,20H2,1-4H3,(H,34,35). The van der Waals surface area contributed by atoms with Gasteiger partial charge in [-0.3, -0.25) is 4.90 Å². The van der Waals surface area contributed by atoms with Crippen molar-refractivity contribution < 1.29 is 33.3 Å². The Bertz CT molecular complexity index is 1450. The molecule has 0 unspecified atom stereocenters. The van der Waals surface area contributed by atoms with Crippen LogP contribution in [0.4, 0.5) is 4.79 Å². The van der Waals surface area contributed by atoms with Crippen LogP contribution in [0.3, 0.4) is 0 Å². The Morgan fingerprint density at radius 2 is 1.65 bits per heavy atom. The van der Waals surface area contributed by atoms with Gasteiger partial charge in [0.05, 0.1) is 26.0 Å². The van der Waals surface area contributed by atoms with Crippen LogP contribution < -0.4 is 14.2 Å². The van der Waals surface area contributed by atoms with E-state index in [2.05, 4.69) is 4.98 Å². The predicted octanol–water partition coefficient (Wildman–Crippen LogP) is 6.14. The molecule has 0 bridgehead atoms. The number of nitrogens with zero attached hydrogens (tertiary/aromatic N) is 2. The molecule has 1 aromatic heterocycles. The van der Waals surface area contributed by atoms with Crippen molar-refractivity contribution in [3.8, 4) is 28.7 Å². The van der Waals surface area contributed by atoms with Crippen LogP contribution in [0.1, 0.15) is 30.9 Å². The topological polar surface area (TPSA) is 111 Å². The number of methoxy groups -OCH3 is 1. The number of aromatic nitrogens is 1. The molecular formula is C31H32N2O7. The third-order valence-corrected chi connectivity index (χ3v) is 6.44. The zero-order valence-electron chi connectivity index (χ0n) is 22.9. The van der Waals surface area contributed by atoms with Crippen molar-refractivity contribution in [3.63, 3.8) is 0 Å². The lowest BCUT2D eigenvalue weighted by molar-refractivity contribution is -0.148. The molecule has 0 spiro atoms. The molecule has 9 nitrogen and oxygen atoms in total. The number of hydrogen-bond acceptors (Lipinski definition) is 7. The van der Waals surface area contributed by atoms with Crippen LogP contribution in [0.25, 0.3) is 11.5 Å². The molecule has 1 N–H and O–H groups in total. The second-order valence-electron chi connectivity index (χ2n) is 9.63. The van der Waals surface area contributed by atoms with Crippen LogP contribution in [0.15, 0.2) is 83.3 Å². The molecule has 3 aromatic carbocycles. The summed E-state index contributed by atoms with van der Waals surface area (Å²) in [5.74, 6) is 1.60. The van der Waals surface area contributed by atoms with Crippen LogP contribution >= 0.6 is 0 Å². The van der Waals surface area contributed by atoms with Crippen molar-refractivity contribution in [2.24, 2.45) is 0 Å². The summed E-state index contributed by atoms with van der Waals surface area (Å²) in [7, 11) is 1.53. The molecule has 0 fully saturated rings. The monoisotopic (exact) mass is 544 g/mol. The number of rotatable bonds is 11. The summed E-state index contributed by atoms with van der Waals surface area (Å²) in [6.07, 6.45) is -0.252. The van der Waals surface area contributed by atoms with Gasteiger partial charge in [0, 0.05) is 12.0 Å². The van der Waals surface area contributed by atoms with Gasteiger partial charge in [-0.15, -0.1) is 0 Å². The second kappa shape index (κ2) is 12.4. The average molecular weight is 545 g/mol. The summed E-state index contributed by atoms with van der Waals surface area (Å²) in [5, 5.41) is 9.84. The molecule has 40 heavy (non-hydrogen) atoms. The van der Waals surface area contributed by atoms with Gasteiger partial charge in [-0.2, -0.15) is 0 Å². The molecule has 1 heterocycles. The molecule has 4 aromatic rings. The number of ether oxygens (including phenoxy) is 3. The maximum atomic E-state index is 13.1. The molecule has 208 valence electrons. The third-order valence-electron chi connectivity index (χ3n) is 6.44. The average Bonchev–Trinajstić information content (AvgIpc) is 3.32. The molecule has 4 rings (SSSR count). The molecule has 0 aliphatic carbocycles. The summed E-state index contributed by atoms with van der Waals surface area (Å²) in [4.78, 5) is 31.0. The Morgan fingerprint density at radius 1 is 0.950 bits per heavy atom. The van der Waals surface area contributed by atoms with E-state index in [1.165, 1.54) is 25.9 Å². The minimum absolute atomic E-state index is 0.00564. The smallest absolute Gasteiger partial charge is 0.416 e. The molecule has 0 atom stereocenters. The van der Waals surface area contributed by atoms with E-state index in [1.807, 2.05) is 37.3 Å². The molecule has 0 aliphatic rings. The predicted molar refractivity (Wildman–Crippen MR) is 149 cm³/mol. The Labute approximate surface area is 232 Å². The normalized spacial score (nSPS) is 11.1. The second-order valence-corrected chi connectivity index (χ2v) is 9.63. The fraction of sp³-hybridized carbons (Fsp3) is 0.258. The molecule has 0 aliphatic heterocycles. The van der Waals surface area contributed by atoms with Crippen LogP contribution in [0.2, 0.25) is 0 Å². The number of amides is 1. The first-order valence-electron chi connectivity index (χ1n) is 12.8. The van der Waals surface area contributed by atoms with Gasteiger partial charge < -0.3 is 23.7 Å². The lowest BCUT2D eigenvalue weighted by Crippen LogP contribution is -2.53. The summed E-state index contributed by atoms with van der Waals surface area (Å²) >= 11 is 0. The lowest BCUT2D eigenvalue weighted by Gasteiger charge is -2.34. The maximum Gasteiger partial charge on any atom is 0.416 e. The summed E-state index contributed by atoms with van der Waals surface area (Å²) in [6.45, 7) is 5.13. The number of oxazole rings is 1. The van der Waals surface area contributed by atoms with E-state index in [-0.39, 0.29) is 12.3 Å². The van der Waals surface area contributed by atoms with Crippen molar-refractivity contribution in [1.29, 1.82) is 0 Å². The van der Waals surface area contributed by atoms with Crippen molar-refractivity contribution in [3.05, 3.63) is 95.9 Å². The number of carboxylic acids is 1. The Morgan fingerprint density at radius 3 is 2.33 bits per heavy atom. The highest BCUT2D eigenvalue weighted by atomic mass is 16.6. The summed E-state index contributed by atoms with van der Waals surface area (Å²) < 4.78 is 22.4. The van der Waals surface area contributed by atoms with E-state index in [0.717, 1.165) is 17.0 Å². The van der Waals surface area contributed by atoms with Gasteiger partial charge in [0.2, 0.25) is 5.89 Å². The van der Waals surface area contributed by atoms with Crippen LogP contribution in [0.5, 0.6) is 17.2 Å². The molecule has 0 saturated carbocycles. The van der Waals surface area contributed by atoms with Gasteiger partial charge in [-0.1, -0.05) is 30.3 Å². The van der Waals surface area contributed by atoms with E-state index in [0.29, 0.717) is 36.0 Å². The van der Waals surface area contributed by atoms with Gasteiger partial charge in [0.25, 0.3) is 0 Å². The quantitative estimate of drug-likeness (QED) is 0.240. The van der Waals surface area contributed by atoms with E-state index in [4.69, 9.17) is 18.6 Å². The first-order valence-corrected chi connectivity index (χ1v) is 12.8. The molecule has 0 saturated heterocycles. The van der Waals surface area contributed by atoms with Crippen molar-refractivity contribution >= 4 is 12.1 Å². The largest absolute Gasteiger partial charge is 0.497 e. The third kappa shape index (κ3) is 6.79. The van der Waals surface area contributed by atoms with Gasteiger partial charge in [0.1, 0.15) is 28.5 Å². The fourth-order valence-electron chi connectivity index (χ4n) is 3.95. The fourth-order valence-corrected chi connectivity index (χ4v) is 3.95. The van der Waals surface area contributed by atoms with Crippen molar-refractivity contribution in [2.75, 3.05) is 13.7 Å². The minimum Gasteiger partial charge on any atom is -0.497 e. The zero-order valence-corrected chi connectivity index (χ0v) is 22.9. The van der Waals surface area contributed by atoms with Crippen molar-refractivity contribution in [2.45, 2.75) is 39.3 Å². The van der Waals surface area contributed by atoms with Crippen LogP contribution in [-0.2, 0) is 17.8 Å². The highest BCUT2D eigenvalue weighted by Crippen LogP contribution is 2.25. The number of aliphatic carboxylic acids is 1. The van der Waals surface area contributed by atoms with Gasteiger partial charge in [-0.05, 0) is 74.9 Å². The molecular weight excluding hydrogens is 512 g/mol. The minimum atomic E-state index is -1.54. The number of benzene rings is 3. The number of carbonyl (C=O) groups excluding carboxylic acids is 1. The Kier molecular flexibility index (Phi) is 8.73. The molecule has 0 radical (unpaired) electrons. The summed E-state index contributed by atoms with van der Waals surface area (Å²) in [6, 6.07) is 23.3. The highest BCUT2D eigenvalue weighted by Gasteiger charge is 2.39. The van der Waals surface area contributed by atoms with Gasteiger partial charge in [-0.25, -0.2) is 14.6 Å². The number of aryl methyl sites for hydroxylation is 1. The first kappa shape index (κ1) is 28.2. The Balaban J connectivity index is 1.43. The Hall–Kier alpha value is -4.79. The highest BCUT2D eigenvalue weighted by molar-refractivity contribution is 5.84. The maximum absolute atomic E-state index is 13.1. The SMILES string of the molecule is COc1ccc(OC(=O)N(Cc2cccc(OCCc3nc(-c4ccccc4)oc3C)c2)C(C)(C)C(=O)O)cc1. The number of carboxylic acid groups (broad SMARTS) is 1. The van der Waals surface area contributed by atoms with Crippen LogP contribution in [0, 0.1) is 6.92 Å². The summed E-state index contributed by atoms with van der Waals surface area (Å²) in [5.41, 5.74) is 0.861. The van der Waals surface area contributed by atoms with E-state index in [9.17, 15) is 14.7 Å². The van der Waals surface area contributed by atoms with E-state index < -0.39 is 17.6 Å². The zero-order chi connectivity index (χ0) is 28.7. The lowest BCUT2D eigenvalue weighted by atomic mass is 10.0. The first-order chi connectivity index (χ1) is 19.2. The van der Waals surface area contributed by atoms with E-state index in [1.54, 1.807) is 48.5 Å². The molecule has 9 heteroatoms. The number of hydrogen-bond donors (Lipinski definition) is 1. The van der Waals surface area contributed by atoms with Gasteiger partial charge >= 0.3 is 12.1 Å². The number of carbonyl (C=O) groups is 2.